The maximum absolute atomic E-state index is 11.1. The van der Waals surface area contributed by atoms with Crippen molar-refractivity contribution in [2.75, 3.05) is 5.32 Å². The van der Waals surface area contributed by atoms with Crippen LogP contribution >= 0.6 is 0 Å². The summed E-state index contributed by atoms with van der Waals surface area (Å²) >= 11 is 0. The lowest BCUT2D eigenvalue weighted by atomic mass is 9.97. The molecular formula is C10H11NO2. The normalized spacial score (nSPS) is 20.8. The van der Waals surface area contributed by atoms with Crippen molar-refractivity contribution in [2.45, 2.75) is 19.4 Å². The number of hydrogen-bond acceptors (Lipinski definition) is 2. The van der Waals surface area contributed by atoms with Gasteiger partial charge < -0.3 is 10.4 Å². The van der Waals surface area contributed by atoms with Gasteiger partial charge in [0.15, 0.2) is 0 Å². The van der Waals surface area contributed by atoms with E-state index >= 15 is 0 Å². The molecule has 0 aliphatic carbocycles. The predicted molar refractivity (Wildman–Crippen MR) is 49.5 cm³/mol. The number of hydrogen-bond donors (Lipinski definition) is 2. The molecule has 1 aliphatic rings. The third-order valence-corrected chi connectivity index (χ3v) is 2.37. The molecule has 3 nitrogen and oxygen atoms in total. The Bertz CT molecular complexity index is 360. The molecule has 1 unspecified atom stereocenters. The molecule has 1 aliphatic heterocycles. The predicted octanol–water partition coefficient (Wildman–Crippen LogP) is 0.851. The molecule has 0 aromatic heterocycles. The molecule has 0 bridgehead atoms. The minimum Gasteiger partial charge on any atom is -0.383 e. The van der Waals surface area contributed by atoms with Crippen LogP contribution in [0, 0.1) is 6.92 Å². The third kappa shape index (κ3) is 1.31. The monoisotopic (exact) mass is 177 g/mol. The van der Waals surface area contributed by atoms with E-state index in [4.69, 9.17) is 0 Å². The van der Waals surface area contributed by atoms with Crippen LogP contribution in [-0.2, 0) is 11.2 Å². The molecule has 3 heteroatoms. The number of rotatable bonds is 0. The quantitative estimate of drug-likeness (QED) is 0.617. The van der Waals surface area contributed by atoms with Gasteiger partial charge in [0.2, 0.25) is 0 Å². The van der Waals surface area contributed by atoms with Crippen LogP contribution in [0.25, 0.3) is 0 Å². The van der Waals surface area contributed by atoms with Gasteiger partial charge in [-0.15, -0.1) is 0 Å². The Morgan fingerprint density at radius 3 is 3.08 bits per heavy atom. The molecule has 2 rings (SSSR count). The minimum atomic E-state index is -0.895. The van der Waals surface area contributed by atoms with Crippen LogP contribution in [-0.4, -0.2) is 17.1 Å². The molecule has 0 radical (unpaired) electrons. The van der Waals surface area contributed by atoms with Crippen molar-refractivity contribution in [3.8, 4) is 0 Å². The van der Waals surface area contributed by atoms with E-state index < -0.39 is 6.10 Å². The second-order valence-corrected chi connectivity index (χ2v) is 3.31. The highest BCUT2D eigenvalue weighted by Gasteiger charge is 2.24. The van der Waals surface area contributed by atoms with Crippen molar-refractivity contribution in [3.05, 3.63) is 29.3 Å². The van der Waals surface area contributed by atoms with Gasteiger partial charge in [-0.3, -0.25) is 4.79 Å². The highest BCUT2D eigenvalue weighted by molar-refractivity contribution is 5.97. The lowest BCUT2D eigenvalue weighted by Crippen LogP contribution is -2.34. The highest BCUT2D eigenvalue weighted by atomic mass is 16.3. The first-order valence-corrected chi connectivity index (χ1v) is 4.26. The van der Waals surface area contributed by atoms with E-state index in [9.17, 15) is 9.90 Å². The zero-order chi connectivity index (χ0) is 9.42. The maximum atomic E-state index is 11.1. The first kappa shape index (κ1) is 8.26. The minimum absolute atomic E-state index is 0.307. The number of aryl methyl sites for hydroxylation is 1. The van der Waals surface area contributed by atoms with Crippen molar-refractivity contribution in [1.82, 2.24) is 0 Å². The van der Waals surface area contributed by atoms with Crippen LogP contribution < -0.4 is 5.32 Å². The van der Waals surface area contributed by atoms with Gasteiger partial charge in [0, 0.05) is 12.1 Å². The summed E-state index contributed by atoms with van der Waals surface area (Å²) in [5.74, 6) is -0.307. The van der Waals surface area contributed by atoms with Crippen LogP contribution in [0.4, 0.5) is 5.69 Å². The van der Waals surface area contributed by atoms with Crippen LogP contribution in [0.2, 0.25) is 0 Å². The summed E-state index contributed by atoms with van der Waals surface area (Å²) in [6.07, 6.45) is -0.470. The topological polar surface area (TPSA) is 49.3 Å². The largest absolute Gasteiger partial charge is 0.383 e. The maximum Gasteiger partial charge on any atom is 0.253 e. The van der Waals surface area contributed by atoms with E-state index in [1.54, 1.807) is 0 Å². The van der Waals surface area contributed by atoms with Crippen LogP contribution in [0.15, 0.2) is 18.2 Å². The van der Waals surface area contributed by atoms with Crippen molar-refractivity contribution in [2.24, 2.45) is 0 Å². The number of carbonyl (C=O) groups is 1. The summed E-state index contributed by atoms with van der Waals surface area (Å²) in [5, 5.41) is 12.0. The number of benzene rings is 1. The molecular weight excluding hydrogens is 166 g/mol. The highest BCUT2D eigenvalue weighted by Crippen LogP contribution is 2.25. The fraction of sp³-hybridized carbons (Fsp3) is 0.300. The zero-order valence-corrected chi connectivity index (χ0v) is 7.37. The molecule has 1 heterocycles. The Labute approximate surface area is 76.4 Å². The number of fused-ring (bicyclic) bond motifs is 1. The fourth-order valence-corrected chi connectivity index (χ4v) is 1.59. The van der Waals surface area contributed by atoms with E-state index in [0.717, 1.165) is 16.8 Å². The number of anilines is 1. The second kappa shape index (κ2) is 2.85. The summed E-state index contributed by atoms with van der Waals surface area (Å²) in [5.41, 5.74) is 2.97. The first-order valence-electron chi connectivity index (χ1n) is 4.26. The van der Waals surface area contributed by atoms with Crippen LogP contribution in [0.1, 0.15) is 11.1 Å². The third-order valence-electron chi connectivity index (χ3n) is 2.37. The summed E-state index contributed by atoms with van der Waals surface area (Å²) in [7, 11) is 0. The lowest BCUT2D eigenvalue weighted by molar-refractivity contribution is -0.124. The van der Waals surface area contributed by atoms with E-state index in [2.05, 4.69) is 5.32 Å². The van der Waals surface area contributed by atoms with Gasteiger partial charge in [-0.05, 0) is 24.1 Å². The Kier molecular flexibility index (Phi) is 1.81. The Balaban J connectivity index is 2.48. The molecule has 1 aromatic rings. The summed E-state index contributed by atoms with van der Waals surface area (Å²) in [6.45, 7) is 1.98. The van der Waals surface area contributed by atoms with Gasteiger partial charge >= 0.3 is 0 Å². The average Bonchev–Trinajstić information content (AvgIpc) is 2.09. The Hall–Kier alpha value is -1.35. The van der Waals surface area contributed by atoms with E-state index in [1.807, 2.05) is 25.1 Å². The van der Waals surface area contributed by atoms with Gasteiger partial charge in [0.1, 0.15) is 6.10 Å². The Morgan fingerprint density at radius 1 is 1.54 bits per heavy atom. The van der Waals surface area contributed by atoms with Crippen molar-refractivity contribution < 1.29 is 9.90 Å². The van der Waals surface area contributed by atoms with Crippen molar-refractivity contribution in [1.29, 1.82) is 0 Å². The molecule has 0 saturated carbocycles. The van der Waals surface area contributed by atoms with Gasteiger partial charge in [0.05, 0.1) is 0 Å². The van der Waals surface area contributed by atoms with E-state index in [-0.39, 0.29) is 5.91 Å². The molecule has 2 N–H and O–H groups in total. The summed E-state index contributed by atoms with van der Waals surface area (Å²) in [6, 6.07) is 5.72. The van der Waals surface area contributed by atoms with Crippen molar-refractivity contribution >= 4 is 11.6 Å². The van der Waals surface area contributed by atoms with Crippen LogP contribution in [0.5, 0.6) is 0 Å². The average molecular weight is 177 g/mol. The summed E-state index contributed by atoms with van der Waals surface area (Å²) < 4.78 is 0. The summed E-state index contributed by atoms with van der Waals surface area (Å²) in [4.78, 5) is 11.1. The number of aliphatic hydroxyl groups is 1. The zero-order valence-electron chi connectivity index (χ0n) is 7.37. The van der Waals surface area contributed by atoms with E-state index in [0.29, 0.717) is 6.42 Å². The molecule has 1 aromatic carbocycles. The number of aliphatic hydroxyl groups excluding tert-OH is 1. The number of amides is 1. The smallest absolute Gasteiger partial charge is 0.253 e. The molecule has 1 amide bonds. The molecule has 1 atom stereocenters. The second-order valence-electron chi connectivity index (χ2n) is 3.31. The number of carbonyl (C=O) groups excluding carboxylic acids is 1. The molecule has 0 fully saturated rings. The SMILES string of the molecule is Cc1cccc2c1CC(O)C(=O)N2. The molecule has 0 spiro atoms. The van der Waals surface area contributed by atoms with Gasteiger partial charge in [-0.2, -0.15) is 0 Å². The number of nitrogens with one attached hydrogen (secondary N) is 1. The standard InChI is InChI=1S/C10H11NO2/c1-6-3-2-4-8-7(6)5-9(12)10(13)11-8/h2-4,9,12H,5H2,1H3,(H,11,13). The molecule has 68 valence electrons. The molecule has 13 heavy (non-hydrogen) atoms. The van der Waals surface area contributed by atoms with Crippen molar-refractivity contribution in [3.63, 3.8) is 0 Å². The molecule has 0 saturated heterocycles. The van der Waals surface area contributed by atoms with Gasteiger partial charge in [-0.25, -0.2) is 0 Å². The van der Waals surface area contributed by atoms with Crippen LogP contribution in [0.3, 0.4) is 0 Å². The Morgan fingerprint density at radius 2 is 2.31 bits per heavy atom. The fourth-order valence-electron chi connectivity index (χ4n) is 1.59. The van der Waals surface area contributed by atoms with Gasteiger partial charge in [0.25, 0.3) is 5.91 Å². The van der Waals surface area contributed by atoms with Gasteiger partial charge in [-0.1, -0.05) is 12.1 Å². The lowest BCUT2D eigenvalue weighted by Gasteiger charge is -2.22. The first-order chi connectivity index (χ1) is 6.18. The van der Waals surface area contributed by atoms with E-state index in [1.165, 1.54) is 0 Å².